The molecule has 0 bridgehead atoms. The standard InChI is InChI=1S/C15H22ClNO/c1-3-12-8-14(6-7-15(12)16)18-10-11(2)9-17-13-4-5-13/h6-8,11,13,17H,3-5,9-10H2,1-2H3. The second-order valence-corrected chi connectivity index (χ2v) is 5.61. The molecule has 0 amide bonds. The molecule has 1 atom stereocenters. The third-order valence-electron chi connectivity index (χ3n) is 3.26. The molecule has 2 rings (SSSR count). The fourth-order valence-electron chi connectivity index (χ4n) is 1.86. The molecule has 0 saturated heterocycles. The SMILES string of the molecule is CCc1cc(OCC(C)CNC2CC2)ccc1Cl. The van der Waals surface area contributed by atoms with Crippen LogP contribution >= 0.6 is 11.6 Å². The van der Waals surface area contributed by atoms with E-state index in [-0.39, 0.29) is 0 Å². The van der Waals surface area contributed by atoms with Gasteiger partial charge in [-0.1, -0.05) is 25.4 Å². The lowest BCUT2D eigenvalue weighted by atomic mass is 10.1. The maximum Gasteiger partial charge on any atom is 0.119 e. The minimum absolute atomic E-state index is 0.534. The highest BCUT2D eigenvalue weighted by molar-refractivity contribution is 6.31. The molecule has 0 heterocycles. The van der Waals surface area contributed by atoms with E-state index >= 15 is 0 Å². The van der Waals surface area contributed by atoms with Gasteiger partial charge in [0.1, 0.15) is 5.75 Å². The van der Waals surface area contributed by atoms with Crippen LogP contribution in [0.2, 0.25) is 5.02 Å². The van der Waals surface area contributed by atoms with Gasteiger partial charge in [-0.25, -0.2) is 0 Å². The third kappa shape index (κ3) is 4.18. The molecule has 3 heteroatoms. The van der Waals surface area contributed by atoms with Crippen molar-refractivity contribution in [1.82, 2.24) is 5.32 Å². The van der Waals surface area contributed by atoms with Gasteiger partial charge in [-0.15, -0.1) is 0 Å². The zero-order valence-corrected chi connectivity index (χ0v) is 12.0. The van der Waals surface area contributed by atoms with Gasteiger partial charge in [-0.05, 0) is 43.0 Å². The summed E-state index contributed by atoms with van der Waals surface area (Å²) in [6.07, 6.45) is 3.62. The zero-order valence-electron chi connectivity index (χ0n) is 11.2. The Balaban J connectivity index is 1.77. The van der Waals surface area contributed by atoms with Crippen LogP contribution in [0, 0.1) is 5.92 Å². The van der Waals surface area contributed by atoms with Gasteiger partial charge in [0.05, 0.1) is 6.61 Å². The summed E-state index contributed by atoms with van der Waals surface area (Å²) in [5.74, 6) is 1.46. The molecule has 1 aromatic carbocycles. The van der Waals surface area contributed by atoms with E-state index in [1.165, 1.54) is 12.8 Å². The maximum atomic E-state index is 6.08. The maximum absolute atomic E-state index is 6.08. The number of hydrogen-bond donors (Lipinski definition) is 1. The normalized spacial score (nSPS) is 16.6. The summed E-state index contributed by atoms with van der Waals surface area (Å²) < 4.78 is 5.82. The number of aryl methyl sites for hydroxylation is 1. The van der Waals surface area contributed by atoms with Gasteiger partial charge in [-0.3, -0.25) is 0 Å². The molecule has 1 aliphatic rings. The van der Waals surface area contributed by atoms with Crippen molar-refractivity contribution in [2.45, 2.75) is 39.2 Å². The molecule has 100 valence electrons. The van der Waals surface area contributed by atoms with Crippen LogP contribution in [0.3, 0.4) is 0 Å². The summed E-state index contributed by atoms with van der Waals surface area (Å²) in [4.78, 5) is 0. The van der Waals surface area contributed by atoms with E-state index in [9.17, 15) is 0 Å². The molecule has 0 spiro atoms. The Hall–Kier alpha value is -0.730. The van der Waals surface area contributed by atoms with Crippen molar-refractivity contribution in [3.63, 3.8) is 0 Å². The van der Waals surface area contributed by atoms with E-state index in [0.29, 0.717) is 5.92 Å². The van der Waals surface area contributed by atoms with Crippen LogP contribution in [0.1, 0.15) is 32.3 Å². The van der Waals surface area contributed by atoms with E-state index in [1.54, 1.807) is 0 Å². The molecule has 0 radical (unpaired) electrons. The predicted octanol–water partition coefficient (Wildman–Crippen LogP) is 3.67. The Morgan fingerprint density at radius 3 is 2.89 bits per heavy atom. The molecule has 2 nitrogen and oxygen atoms in total. The molecule has 1 aromatic rings. The Morgan fingerprint density at radius 1 is 1.44 bits per heavy atom. The highest BCUT2D eigenvalue weighted by atomic mass is 35.5. The van der Waals surface area contributed by atoms with Crippen LogP contribution in [0.4, 0.5) is 0 Å². The predicted molar refractivity (Wildman–Crippen MR) is 76.5 cm³/mol. The Morgan fingerprint density at radius 2 is 2.22 bits per heavy atom. The van der Waals surface area contributed by atoms with Gasteiger partial charge >= 0.3 is 0 Å². The number of benzene rings is 1. The summed E-state index contributed by atoms with van der Waals surface area (Å²) >= 11 is 6.08. The van der Waals surface area contributed by atoms with Crippen LogP contribution in [0.5, 0.6) is 5.75 Å². The Kier molecular flexibility index (Phi) is 4.90. The van der Waals surface area contributed by atoms with Gasteiger partial charge in [0.15, 0.2) is 0 Å². The highest BCUT2D eigenvalue weighted by Gasteiger charge is 2.20. The first-order chi connectivity index (χ1) is 8.69. The summed E-state index contributed by atoms with van der Waals surface area (Å²) in [5.41, 5.74) is 1.15. The van der Waals surface area contributed by atoms with Crippen molar-refractivity contribution in [1.29, 1.82) is 0 Å². The first-order valence-corrected chi connectivity index (χ1v) is 7.21. The monoisotopic (exact) mass is 267 g/mol. The quantitative estimate of drug-likeness (QED) is 0.814. The molecule has 1 saturated carbocycles. The first-order valence-electron chi connectivity index (χ1n) is 6.83. The number of rotatable bonds is 7. The largest absolute Gasteiger partial charge is 0.493 e. The lowest BCUT2D eigenvalue weighted by Crippen LogP contribution is -2.26. The molecular weight excluding hydrogens is 246 g/mol. The molecule has 1 aliphatic carbocycles. The third-order valence-corrected chi connectivity index (χ3v) is 3.63. The van der Waals surface area contributed by atoms with Crippen LogP contribution in [-0.2, 0) is 6.42 Å². The van der Waals surface area contributed by atoms with E-state index < -0.39 is 0 Å². The Bertz CT molecular complexity index is 390. The van der Waals surface area contributed by atoms with Crippen LogP contribution in [-0.4, -0.2) is 19.2 Å². The number of ether oxygens (including phenoxy) is 1. The van der Waals surface area contributed by atoms with E-state index in [1.807, 2.05) is 18.2 Å². The van der Waals surface area contributed by atoms with Crippen molar-refractivity contribution < 1.29 is 4.74 Å². The van der Waals surface area contributed by atoms with Crippen molar-refractivity contribution in [2.75, 3.05) is 13.2 Å². The average molecular weight is 268 g/mol. The van der Waals surface area contributed by atoms with Gasteiger partial charge < -0.3 is 10.1 Å². The first kappa shape index (κ1) is 13.7. The second-order valence-electron chi connectivity index (χ2n) is 5.21. The zero-order chi connectivity index (χ0) is 13.0. The number of hydrogen-bond acceptors (Lipinski definition) is 2. The van der Waals surface area contributed by atoms with Crippen LogP contribution in [0.15, 0.2) is 18.2 Å². The van der Waals surface area contributed by atoms with Gasteiger partial charge in [-0.2, -0.15) is 0 Å². The van der Waals surface area contributed by atoms with Crippen molar-refractivity contribution >= 4 is 11.6 Å². The minimum atomic E-state index is 0.534. The smallest absolute Gasteiger partial charge is 0.119 e. The molecule has 1 N–H and O–H groups in total. The molecule has 18 heavy (non-hydrogen) atoms. The average Bonchev–Trinajstić information content (AvgIpc) is 3.19. The van der Waals surface area contributed by atoms with Crippen molar-refractivity contribution in [2.24, 2.45) is 5.92 Å². The van der Waals surface area contributed by atoms with Gasteiger partial charge in [0.25, 0.3) is 0 Å². The topological polar surface area (TPSA) is 21.3 Å². The highest BCUT2D eigenvalue weighted by Crippen LogP contribution is 2.23. The molecule has 1 unspecified atom stereocenters. The van der Waals surface area contributed by atoms with E-state index in [4.69, 9.17) is 16.3 Å². The molecular formula is C15H22ClNO. The molecule has 0 aliphatic heterocycles. The second kappa shape index (κ2) is 6.44. The van der Waals surface area contributed by atoms with E-state index in [2.05, 4.69) is 19.2 Å². The number of halogens is 1. The summed E-state index contributed by atoms with van der Waals surface area (Å²) in [6, 6.07) is 6.68. The lowest BCUT2D eigenvalue weighted by molar-refractivity contribution is 0.255. The fraction of sp³-hybridized carbons (Fsp3) is 0.600. The summed E-state index contributed by atoms with van der Waals surface area (Å²) in [7, 11) is 0. The lowest BCUT2D eigenvalue weighted by Gasteiger charge is -2.14. The summed E-state index contributed by atoms with van der Waals surface area (Å²) in [6.45, 7) is 6.11. The molecule has 0 aromatic heterocycles. The minimum Gasteiger partial charge on any atom is -0.493 e. The van der Waals surface area contributed by atoms with Crippen LogP contribution in [0.25, 0.3) is 0 Å². The van der Waals surface area contributed by atoms with E-state index in [0.717, 1.165) is 41.9 Å². The Labute approximate surface area is 115 Å². The van der Waals surface area contributed by atoms with Gasteiger partial charge in [0, 0.05) is 23.5 Å². The number of nitrogens with one attached hydrogen (secondary N) is 1. The van der Waals surface area contributed by atoms with Gasteiger partial charge in [0.2, 0.25) is 0 Å². The molecule has 1 fully saturated rings. The fourth-order valence-corrected chi connectivity index (χ4v) is 2.12. The summed E-state index contributed by atoms with van der Waals surface area (Å²) in [5, 5.41) is 4.35. The van der Waals surface area contributed by atoms with Crippen molar-refractivity contribution in [3.05, 3.63) is 28.8 Å². The van der Waals surface area contributed by atoms with Crippen molar-refractivity contribution in [3.8, 4) is 5.75 Å². The van der Waals surface area contributed by atoms with Crippen LogP contribution < -0.4 is 10.1 Å².